The standard InChI is InChI=1S/C22H28F3N4O7PS/c1-12(2)34-20(31)13(3)28-37(32,36-14-7-5-4-6-8-14)33-11-15-18(30)17(22(23,24)25)19(35-15)29-10-9-16(26)27-21(29)38/h4-10,12-13,15,17-19,30H,11H2,1-3H3,(H,28,32)(H2,26,27,38)/t13-,15+,17-,18?,19+,37?/m0/s1. The molecule has 0 radical (unpaired) electrons. The number of nitrogen functional groups attached to an aromatic ring is 1. The zero-order valence-corrected chi connectivity index (χ0v) is 22.3. The van der Waals surface area contributed by atoms with Crippen molar-refractivity contribution in [1.82, 2.24) is 14.6 Å². The van der Waals surface area contributed by atoms with Gasteiger partial charge in [-0.3, -0.25) is 13.9 Å². The van der Waals surface area contributed by atoms with E-state index in [9.17, 15) is 27.6 Å². The largest absolute Gasteiger partial charge is 0.462 e. The first-order chi connectivity index (χ1) is 17.7. The van der Waals surface area contributed by atoms with Crippen molar-refractivity contribution < 1.29 is 46.2 Å². The van der Waals surface area contributed by atoms with E-state index in [-0.39, 0.29) is 16.3 Å². The molecular weight excluding hydrogens is 552 g/mol. The highest BCUT2D eigenvalue weighted by atomic mass is 32.1. The Morgan fingerprint density at radius 1 is 1.29 bits per heavy atom. The minimum Gasteiger partial charge on any atom is -0.462 e. The number of aliphatic hydroxyl groups is 1. The summed E-state index contributed by atoms with van der Waals surface area (Å²) in [5.41, 5.74) is 5.54. The van der Waals surface area contributed by atoms with E-state index in [0.717, 1.165) is 10.8 Å². The number of ether oxygens (including phenoxy) is 2. The van der Waals surface area contributed by atoms with Crippen molar-refractivity contribution in [2.45, 2.75) is 57.5 Å². The molecule has 0 bridgehead atoms. The third-order valence-corrected chi connectivity index (χ3v) is 7.25. The highest BCUT2D eigenvalue weighted by Gasteiger charge is 2.58. The molecule has 2 aromatic rings. The van der Waals surface area contributed by atoms with Gasteiger partial charge in [-0.05, 0) is 51.2 Å². The van der Waals surface area contributed by atoms with Gasteiger partial charge in [0, 0.05) is 6.20 Å². The monoisotopic (exact) mass is 580 g/mol. The average molecular weight is 581 g/mol. The summed E-state index contributed by atoms with van der Waals surface area (Å²) in [6.45, 7) is 3.79. The van der Waals surface area contributed by atoms with Crippen molar-refractivity contribution in [3.63, 3.8) is 0 Å². The van der Waals surface area contributed by atoms with Crippen LogP contribution in [0.15, 0.2) is 42.6 Å². The number of rotatable bonds is 10. The summed E-state index contributed by atoms with van der Waals surface area (Å²) in [6, 6.07) is 7.81. The first-order valence-electron chi connectivity index (χ1n) is 11.4. The summed E-state index contributed by atoms with van der Waals surface area (Å²) in [5, 5.41) is 13.0. The number of para-hydroxylation sites is 1. The Hall–Kier alpha value is -2.55. The number of alkyl halides is 3. The fourth-order valence-electron chi connectivity index (χ4n) is 3.60. The van der Waals surface area contributed by atoms with Crippen LogP contribution in [-0.4, -0.2) is 57.8 Å². The number of carbonyl (C=O) groups is 1. The maximum absolute atomic E-state index is 13.9. The summed E-state index contributed by atoms with van der Waals surface area (Å²) < 4.78 is 77.5. The number of anilines is 1. The topological polar surface area (TPSA) is 147 Å². The summed E-state index contributed by atoms with van der Waals surface area (Å²) in [5.74, 6) is -3.11. The minimum absolute atomic E-state index is 0.0107. The molecule has 0 amide bonds. The number of hydrogen-bond acceptors (Lipinski definition) is 10. The molecule has 1 aromatic carbocycles. The maximum Gasteiger partial charge on any atom is 0.459 e. The maximum atomic E-state index is 13.9. The lowest BCUT2D eigenvalue weighted by Crippen LogP contribution is -2.40. The average Bonchev–Trinajstić information content (AvgIpc) is 3.14. The number of carbonyl (C=O) groups excluding carboxylic acids is 1. The Labute approximate surface area is 221 Å². The van der Waals surface area contributed by atoms with Crippen molar-refractivity contribution in [3.05, 3.63) is 47.4 Å². The number of benzene rings is 1. The number of aliphatic hydroxyl groups excluding tert-OH is 1. The second-order valence-electron chi connectivity index (χ2n) is 8.70. The third-order valence-electron chi connectivity index (χ3n) is 5.31. The smallest absolute Gasteiger partial charge is 0.459 e. The molecule has 4 N–H and O–H groups in total. The molecule has 0 saturated carbocycles. The lowest BCUT2D eigenvalue weighted by atomic mass is 9.99. The molecule has 1 fully saturated rings. The van der Waals surface area contributed by atoms with Gasteiger partial charge in [-0.2, -0.15) is 18.3 Å². The van der Waals surface area contributed by atoms with Crippen molar-refractivity contribution >= 4 is 31.8 Å². The Balaban J connectivity index is 1.84. The molecule has 0 spiro atoms. The Morgan fingerprint density at radius 2 is 1.95 bits per heavy atom. The molecule has 1 saturated heterocycles. The van der Waals surface area contributed by atoms with Gasteiger partial charge in [0.25, 0.3) is 0 Å². The zero-order chi connectivity index (χ0) is 28.3. The molecule has 38 heavy (non-hydrogen) atoms. The molecule has 6 atom stereocenters. The summed E-state index contributed by atoms with van der Waals surface area (Å²) in [7, 11) is -4.42. The Bertz CT molecular complexity index is 1220. The van der Waals surface area contributed by atoms with Gasteiger partial charge >= 0.3 is 19.9 Å². The van der Waals surface area contributed by atoms with Gasteiger partial charge in [0.15, 0.2) is 6.23 Å². The molecule has 11 nitrogen and oxygen atoms in total. The fourth-order valence-corrected chi connectivity index (χ4v) is 5.37. The highest BCUT2D eigenvalue weighted by Crippen LogP contribution is 2.49. The van der Waals surface area contributed by atoms with E-state index < -0.39 is 63.0 Å². The minimum atomic E-state index is -4.91. The van der Waals surface area contributed by atoms with Gasteiger partial charge in [-0.1, -0.05) is 18.2 Å². The van der Waals surface area contributed by atoms with Crippen LogP contribution in [0.1, 0.15) is 27.0 Å². The third kappa shape index (κ3) is 7.52. The number of nitrogens with two attached hydrogens (primary N) is 1. The first kappa shape index (κ1) is 30.0. The van der Waals surface area contributed by atoms with Gasteiger partial charge in [0.05, 0.1) is 18.8 Å². The van der Waals surface area contributed by atoms with Crippen LogP contribution in [0.2, 0.25) is 0 Å². The second-order valence-corrected chi connectivity index (χ2v) is 10.8. The lowest BCUT2D eigenvalue weighted by Gasteiger charge is -2.25. The summed E-state index contributed by atoms with van der Waals surface area (Å²) >= 11 is 5.02. The quantitative estimate of drug-likeness (QED) is 0.214. The molecular formula is C22H28F3N4O7PS. The number of hydrogen-bond donors (Lipinski definition) is 3. The molecule has 1 aliphatic rings. The van der Waals surface area contributed by atoms with Crippen LogP contribution in [0.4, 0.5) is 19.0 Å². The van der Waals surface area contributed by atoms with Crippen LogP contribution in [0.5, 0.6) is 5.75 Å². The molecule has 210 valence electrons. The van der Waals surface area contributed by atoms with E-state index in [1.54, 1.807) is 32.0 Å². The molecule has 16 heteroatoms. The first-order valence-corrected chi connectivity index (χ1v) is 13.4. The van der Waals surface area contributed by atoms with Crippen LogP contribution in [0, 0.1) is 10.7 Å². The molecule has 1 aliphatic heterocycles. The van der Waals surface area contributed by atoms with Gasteiger partial charge in [-0.25, -0.2) is 9.55 Å². The lowest BCUT2D eigenvalue weighted by molar-refractivity contribution is -0.211. The predicted molar refractivity (Wildman–Crippen MR) is 131 cm³/mol. The van der Waals surface area contributed by atoms with Crippen LogP contribution in [0.3, 0.4) is 0 Å². The number of esters is 1. The molecule has 1 aromatic heterocycles. The number of nitrogens with one attached hydrogen (secondary N) is 1. The Kier molecular flexibility index (Phi) is 9.55. The molecule has 2 unspecified atom stereocenters. The van der Waals surface area contributed by atoms with Gasteiger partial charge < -0.3 is 24.8 Å². The normalized spacial score (nSPS) is 24.1. The van der Waals surface area contributed by atoms with E-state index in [0.29, 0.717) is 0 Å². The highest BCUT2D eigenvalue weighted by molar-refractivity contribution is 7.71. The van der Waals surface area contributed by atoms with Crippen LogP contribution < -0.4 is 15.3 Å². The van der Waals surface area contributed by atoms with E-state index in [1.165, 1.54) is 25.1 Å². The van der Waals surface area contributed by atoms with Gasteiger partial charge in [-0.15, -0.1) is 0 Å². The van der Waals surface area contributed by atoms with Crippen molar-refractivity contribution in [2.75, 3.05) is 12.3 Å². The fraction of sp³-hybridized carbons (Fsp3) is 0.500. The van der Waals surface area contributed by atoms with Gasteiger partial charge in [0.1, 0.15) is 29.6 Å². The molecule has 3 rings (SSSR count). The van der Waals surface area contributed by atoms with E-state index in [4.69, 9.17) is 36.5 Å². The predicted octanol–water partition coefficient (Wildman–Crippen LogP) is 3.76. The zero-order valence-electron chi connectivity index (χ0n) is 20.6. The van der Waals surface area contributed by atoms with E-state index >= 15 is 0 Å². The Morgan fingerprint density at radius 3 is 2.53 bits per heavy atom. The second kappa shape index (κ2) is 12.1. The molecule has 2 heterocycles. The van der Waals surface area contributed by atoms with Crippen molar-refractivity contribution in [2.24, 2.45) is 5.92 Å². The van der Waals surface area contributed by atoms with Crippen LogP contribution in [-0.2, 0) is 23.4 Å². The number of halogens is 3. The van der Waals surface area contributed by atoms with Gasteiger partial charge in [0.2, 0.25) is 4.77 Å². The molecule has 0 aliphatic carbocycles. The van der Waals surface area contributed by atoms with Crippen LogP contribution >= 0.6 is 20.0 Å². The van der Waals surface area contributed by atoms with Crippen molar-refractivity contribution in [1.29, 1.82) is 0 Å². The summed E-state index contributed by atoms with van der Waals surface area (Å²) in [4.78, 5) is 16.0. The SMILES string of the molecule is CC(C)OC(=O)[C@H](C)NP(=O)(OC[C@H]1O[C@@H](n2ccc(N)nc2=S)[C@@H](C(F)(F)F)C1O)Oc1ccccc1. The van der Waals surface area contributed by atoms with E-state index in [2.05, 4.69) is 10.1 Å². The van der Waals surface area contributed by atoms with E-state index in [1.807, 2.05) is 0 Å². The number of aromatic nitrogens is 2. The number of nitrogens with zero attached hydrogens (tertiary/aromatic N) is 2. The van der Waals surface area contributed by atoms with Crippen molar-refractivity contribution in [3.8, 4) is 5.75 Å². The van der Waals surface area contributed by atoms with Crippen LogP contribution in [0.25, 0.3) is 0 Å². The summed E-state index contributed by atoms with van der Waals surface area (Å²) in [6.07, 6.45) is -9.76.